The van der Waals surface area contributed by atoms with E-state index in [1.165, 1.54) is 29.7 Å². The molecule has 4 rings (SSSR count). The number of rotatable bonds is 3. The summed E-state index contributed by atoms with van der Waals surface area (Å²) in [6.45, 7) is 5.97. The summed E-state index contributed by atoms with van der Waals surface area (Å²) in [5, 5.41) is 3.40. The van der Waals surface area contributed by atoms with E-state index in [4.69, 9.17) is 0 Å². The number of amides is 1. The number of carbonyl (C=O) groups excluding carboxylic acids is 1. The van der Waals surface area contributed by atoms with Gasteiger partial charge in [-0.25, -0.2) is 0 Å². The zero-order valence-electron chi connectivity index (χ0n) is 16.4. The molecule has 5 heteroatoms. The summed E-state index contributed by atoms with van der Waals surface area (Å²) in [7, 11) is 0. The minimum absolute atomic E-state index is 0. The molecule has 0 radical (unpaired) electrons. The van der Waals surface area contributed by atoms with Gasteiger partial charge in [0, 0.05) is 50.5 Å². The molecule has 0 atom stereocenters. The average molecular weight is 400 g/mol. The molecule has 0 bridgehead atoms. The number of nitrogens with one attached hydrogen (secondary N) is 1. The third kappa shape index (κ3) is 4.86. The van der Waals surface area contributed by atoms with Gasteiger partial charge in [0.05, 0.1) is 0 Å². The lowest BCUT2D eigenvalue weighted by molar-refractivity contribution is 0.0761. The lowest BCUT2D eigenvalue weighted by Gasteiger charge is -2.29. The Morgan fingerprint density at radius 3 is 2.14 bits per heavy atom. The zero-order chi connectivity index (χ0) is 18.5. The molecular formula is C23H30ClN3O. The van der Waals surface area contributed by atoms with Gasteiger partial charge >= 0.3 is 0 Å². The minimum atomic E-state index is 0. The van der Waals surface area contributed by atoms with Crippen LogP contribution < -0.4 is 10.2 Å². The molecule has 2 aliphatic heterocycles. The Morgan fingerprint density at radius 1 is 0.786 bits per heavy atom. The van der Waals surface area contributed by atoms with Gasteiger partial charge in [-0.1, -0.05) is 37.1 Å². The molecule has 0 saturated carbocycles. The number of likely N-dealkylation sites (tertiary alicyclic amines) is 1. The SMILES string of the molecule is Cl.O=C(c1ccc(-c2cccc(N3CCNCC3)c2)cc1)N1CCCCCC1. The molecule has 1 N–H and O–H groups in total. The van der Waals surface area contributed by atoms with Crippen molar-refractivity contribution in [2.45, 2.75) is 25.7 Å². The van der Waals surface area contributed by atoms with Gasteiger partial charge in [0.1, 0.15) is 0 Å². The molecule has 2 aromatic carbocycles. The highest BCUT2D eigenvalue weighted by Gasteiger charge is 2.17. The molecular weight excluding hydrogens is 370 g/mol. The van der Waals surface area contributed by atoms with Crippen molar-refractivity contribution in [3.8, 4) is 11.1 Å². The number of hydrogen-bond acceptors (Lipinski definition) is 3. The van der Waals surface area contributed by atoms with Gasteiger partial charge in [-0.15, -0.1) is 12.4 Å². The van der Waals surface area contributed by atoms with Crippen LogP contribution in [0.5, 0.6) is 0 Å². The maximum Gasteiger partial charge on any atom is 0.253 e. The van der Waals surface area contributed by atoms with Gasteiger partial charge in [0.2, 0.25) is 0 Å². The Bertz CT molecular complexity index is 764. The molecule has 0 spiro atoms. The molecule has 0 aliphatic carbocycles. The van der Waals surface area contributed by atoms with Crippen LogP contribution in [-0.4, -0.2) is 50.1 Å². The highest BCUT2D eigenvalue weighted by Crippen LogP contribution is 2.26. The van der Waals surface area contributed by atoms with Gasteiger partial charge in [-0.05, 0) is 48.2 Å². The van der Waals surface area contributed by atoms with Crippen LogP contribution in [0, 0.1) is 0 Å². The maximum atomic E-state index is 12.8. The molecule has 1 amide bonds. The van der Waals surface area contributed by atoms with Crippen LogP contribution in [0.25, 0.3) is 11.1 Å². The van der Waals surface area contributed by atoms with Crippen LogP contribution >= 0.6 is 12.4 Å². The van der Waals surface area contributed by atoms with Crippen LogP contribution in [0.3, 0.4) is 0 Å². The molecule has 2 saturated heterocycles. The molecule has 2 aliphatic rings. The van der Waals surface area contributed by atoms with E-state index in [0.717, 1.165) is 57.7 Å². The normalized spacial score (nSPS) is 17.6. The van der Waals surface area contributed by atoms with E-state index in [1.807, 2.05) is 17.0 Å². The Balaban J connectivity index is 0.00000225. The Kier molecular flexibility index (Phi) is 7.35. The summed E-state index contributed by atoms with van der Waals surface area (Å²) in [4.78, 5) is 17.2. The molecule has 2 heterocycles. The second kappa shape index (κ2) is 9.94. The van der Waals surface area contributed by atoms with Crippen LogP contribution in [0.2, 0.25) is 0 Å². The average Bonchev–Trinajstić information content (AvgIpc) is 3.04. The van der Waals surface area contributed by atoms with Crippen molar-refractivity contribution in [1.82, 2.24) is 10.2 Å². The van der Waals surface area contributed by atoms with Crippen molar-refractivity contribution in [3.63, 3.8) is 0 Å². The number of nitrogens with zero attached hydrogens (tertiary/aromatic N) is 2. The van der Waals surface area contributed by atoms with E-state index < -0.39 is 0 Å². The number of hydrogen-bond donors (Lipinski definition) is 1. The molecule has 0 unspecified atom stereocenters. The first kappa shape index (κ1) is 20.7. The van der Waals surface area contributed by atoms with Crippen molar-refractivity contribution >= 4 is 24.0 Å². The first-order chi connectivity index (χ1) is 13.3. The third-order valence-electron chi connectivity index (χ3n) is 5.69. The first-order valence-corrected chi connectivity index (χ1v) is 10.3. The highest BCUT2D eigenvalue weighted by atomic mass is 35.5. The van der Waals surface area contributed by atoms with Gasteiger partial charge in [-0.2, -0.15) is 0 Å². The number of carbonyl (C=O) groups is 1. The van der Waals surface area contributed by atoms with Crippen LogP contribution in [-0.2, 0) is 0 Å². The monoisotopic (exact) mass is 399 g/mol. The fraction of sp³-hybridized carbons (Fsp3) is 0.435. The van der Waals surface area contributed by atoms with Crippen LogP contribution in [0.15, 0.2) is 48.5 Å². The minimum Gasteiger partial charge on any atom is -0.369 e. The molecule has 150 valence electrons. The predicted molar refractivity (Wildman–Crippen MR) is 119 cm³/mol. The van der Waals surface area contributed by atoms with E-state index in [0.29, 0.717) is 0 Å². The van der Waals surface area contributed by atoms with Crippen molar-refractivity contribution < 1.29 is 4.79 Å². The van der Waals surface area contributed by atoms with Crippen LogP contribution in [0.4, 0.5) is 5.69 Å². The maximum absolute atomic E-state index is 12.8. The van der Waals surface area contributed by atoms with E-state index in [2.05, 4.69) is 46.6 Å². The number of piperazine rings is 1. The van der Waals surface area contributed by atoms with Crippen molar-refractivity contribution in [2.75, 3.05) is 44.2 Å². The van der Waals surface area contributed by atoms with Crippen LogP contribution in [0.1, 0.15) is 36.0 Å². The number of halogens is 1. The quantitative estimate of drug-likeness (QED) is 0.840. The van der Waals surface area contributed by atoms with Gasteiger partial charge < -0.3 is 15.1 Å². The second-order valence-electron chi connectivity index (χ2n) is 7.57. The van der Waals surface area contributed by atoms with Gasteiger partial charge in [-0.3, -0.25) is 4.79 Å². The predicted octanol–water partition coefficient (Wildman–Crippen LogP) is 4.20. The largest absolute Gasteiger partial charge is 0.369 e. The van der Waals surface area contributed by atoms with Crippen molar-refractivity contribution in [2.24, 2.45) is 0 Å². The topological polar surface area (TPSA) is 35.6 Å². The van der Waals surface area contributed by atoms with E-state index in [9.17, 15) is 4.79 Å². The Hall–Kier alpha value is -2.04. The first-order valence-electron chi connectivity index (χ1n) is 10.3. The fourth-order valence-corrected chi connectivity index (χ4v) is 4.07. The van der Waals surface area contributed by atoms with E-state index >= 15 is 0 Å². The number of anilines is 1. The Morgan fingerprint density at radius 2 is 1.46 bits per heavy atom. The smallest absolute Gasteiger partial charge is 0.253 e. The van der Waals surface area contributed by atoms with Crippen molar-refractivity contribution in [1.29, 1.82) is 0 Å². The zero-order valence-corrected chi connectivity index (χ0v) is 17.2. The van der Waals surface area contributed by atoms with E-state index in [-0.39, 0.29) is 18.3 Å². The summed E-state index contributed by atoms with van der Waals surface area (Å²) >= 11 is 0. The van der Waals surface area contributed by atoms with Gasteiger partial charge in [0.25, 0.3) is 5.91 Å². The molecule has 28 heavy (non-hydrogen) atoms. The van der Waals surface area contributed by atoms with Crippen molar-refractivity contribution in [3.05, 3.63) is 54.1 Å². The summed E-state index contributed by atoms with van der Waals surface area (Å²) in [6.07, 6.45) is 4.74. The highest BCUT2D eigenvalue weighted by molar-refractivity contribution is 5.94. The summed E-state index contributed by atoms with van der Waals surface area (Å²) < 4.78 is 0. The molecule has 4 nitrogen and oxygen atoms in total. The summed E-state index contributed by atoms with van der Waals surface area (Å²) in [5.41, 5.74) is 4.46. The molecule has 2 fully saturated rings. The summed E-state index contributed by atoms with van der Waals surface area (Å²) in [5.74, 6) is 0.179. The lowest BCUT2D eigenvalue weighted by Crippen LogP contribution is -2.43. The van der Waals surface area contributed by atoms with E-state index in [1.54, 1.807) is 0 Å². The number of benzene rings is 2. The summed E-state index contributed by atoms with van der Waals surface area (Å²) in [6, 6.07) is 16.9. The standard InChI is InChI=1S/C23H29N3O.ClH/c27-23(26-14-3-1-2-4-15-26)20-10-8-19(9-11-20)21-6-5-7-22(18-21)25-16-12-24-13-17-25;/h5-11,18,24H,1-4,12-17H2;1H. The molecule has 0 aromatic heterocycles. The third-order valence-corrected chi connectivity index (χ3v) is 5.69. The Labute approximate surface area is 174 Å². The molecule has 2 aromatic rings. The van der Waals surface area contributed by atoms with Gasteiger partial charge in [0.15, 0.2) is 0 Å². The lowest BCUT2D eigenvalue weighted by atomic mass is 10.0. The fourth-order valence-electron chi connectivity index (χ4n) is 4.07. The second-order valence-corrected chi connectivity index (χ2v) is 7.57.